The molecule has 0 spiro atoms. The first-order valence-corrected chi connectivity index (χ1v) is 8.82. The zero-order valence-corrected chi connectivity index (χ0v) is 14.8. The Hall–Kier alpha value is -1.37. The quantitative estimate of drug-likeness (QED) is 0.615. The Kier molecular flexibility index (Phi) is 5.04. The second-order valence-electron chi connectivity index (χ2n) is 5.66. The van der Waals surface area contributed by atoms with Gasteiger partial charge < -0.3 is 9.47 Å². The molecule has 1 amide bonds. The molecular formula is C17H19NO3S2. The number of hydrogen-bond donors (Lipinski definition) is 0. The normalized spacial score (nSPS) is 23.1. The van der Waals surface area contributed by atoms with E-state index in [1.807, 2.05) is 31.2 Å². The molecule has 0 unspecified atom stereocenters. The molecule has 6 heteroatoms. The number of thiocarbonyl (C=S) groups is 1. The van der Waals surface area contributed by atoms with E-state index in [4.69, 9.17) is 21.7 Å². The van der Waals surface area contributed by atoms with E-state index in [1.165, 1.54) is 11.8 Å². The summed E-state index contributed by atoms with van der Waals surface area (Å²) in [5.41, 5.74) is 2.01. The van der Waals surface area contributed by atoms with E-state index in [9.17, 15) is 4.79 Å². The van der Waals surface area contributed by atoms with Crippen LogP contribution in [0.4, 0.5) is 0 Å². The van der Waals surface area contributed by atoms with Gasteiger partial charge in [0.25, 0.3) is 5.91 Å². The summed E-state index contributed by atoms with van der Waals surface area (Å²) in [5.74, 6) is 0.817. The van der Waals surface area contributed by atoms with Gasteiger partial charge in [-0.15, -0.1) is 0 Å². The molecule has 2 fully saturated rings. The lowest BCUT2D eigenvalue weighted by Gasteiger charge is -2.18. The van der Waals surface area contributed by atoms with Crippen LogP contribution in [0.15, 0.2) is 23.1 Å². The predicted molar refractivity (Wildman–Crippen MR) is 96.6 cm³/mol. The van der Waals surface area contributed by atoms with Gasteiger partial charge in [0.1, 0.15) is 10.1 Å². The molecule has 3 rings (SSSR count). The van der Waals surface area contributed by atoms with Crippen molar-refractivity contribution in [3.63, 3.8) is 0 Å². The standard InChI is InChI=1S/C17H19NO3S2/c1-11-8-12(5-6-14(11)20-2)9-15-16(19)18(17(22)23-15)10-13-4-3-7-21-13/h5-6,8-9,13H,3-4,7,10H2,1-2H3/b15-9-/t13-/m0/s1. The number of nitrogens with zero attached hydrogens (tertiary/aromatic N) is 1. The lowest BCUT2D eigenvalue weighted by Crippen LogP contribution is -2.35. The summed E-state index contributed by atoms with van der Waals surface area (Å²) in [6.07, 6.45) is 4.05. The molecule has 2 aliphatic heterocycles. The fourth-order valence-electron chi connectivity index (χ4n) is 2.79. The first kappa shape index (κ1) is 16.5. The van der Waals surface area contributed by atoms with Crippen molar-refractivity contribution in [1.82, 2.24) is 4.90 Å². The van der Waals surface area contributed by atoms with Crippen LogP contribution in [0.2, 0.25) is 0 Å². The first-order chi connectivity index (χ1) is 11.1. The Labute approximate surface area is 145 Å². The van der Waals surface area contributed by atoms with Gasteiger partial charge in [-0.1, -0.05) is 30.0 Å². The van der Waals surface area contributed by atoms with Gasteiger partial charge in [-0.2, -0.15) is 0 Å². The molecule has 0 aliphatic carbocycles. The zero-order chi connectivity index (χ0) is 16.4. The van der Waals surface area contributed by atoms with Crippen LogP contribution in [-0.2, 0) is 9.53 Å². The summed E-state index contributed by atoms with van der Waals surface area (Å²) in [6, 6.07) is 5.86. The second-order valence-corrected chi connectivity index (χ2v) is 7.33. The van der Waals surface area contributed by atoms with Gasteiger partial charge in [-0.05, 0) is 49.1 Å². The van der Waals surface area contributed by atoms with Crippen LogP contribution in [0.3, 0.4) is 0 Å². The lowest BCUT2D eigenvalue weighted by molar-refractivity contribution is -0.123. The van der Waals surface area contributed by atoms with Gasteiger partial charge in [0.2, 0.25) is 0 Å². The maximum absolute atomic E-state index is 12.6. The number of rotatable bonds is 4. The molecule has 1 atom stereocenters. The number of hydrogen-bond acceptors (Lipinski definition) is 5. The minimum Gasteiger partial charge on any atom is -0.496 e. The van der Waals surface area contributed by atoms with Crippen LogP contribution in [-0.4, -0.2) is 41.5 Å². The molecule has 1 aromatic carbocycles. The average molecular weight is 349 g/mol. The molecule has 0 aromatic heterocycles. The van der Waals surface area contributed by atoms with Crippen molar-refractivity contribution >= 4 is 40.3 Å². The molecule has 0 radical (unpaired) electrons. The average Bonchev–Trinajstić information content (AvgIpc) is 3.12. The summed E-state index contributed by atoms with van der Waals surface area (Å²) in [6.45, 7) is 3.32. The lowest BCUT2D eigenvalue weighted by atomic mass is 10.1. The van der Waals surface area contributed by atoms with Crippen molar-refractivity contribution in [2.75, 3.05) is 20.3 Å². The van der Waals surface area contributed by atoms with Gasteiger partial charge in [-0.25, -0.2) is 0 Å². The fourth-order valence-corrected chi connectivity index (χ4v) is 4.07. The molecule has 0 N–H and O–H groups in total. The number of thioether (sulfide) groups is 1. The molecule has 2 saturated heterocycles. The van der Waals surface area contributed by atoms with E-state index in [2.05, 4.69) is 0 Å². The van der Waals surface area contributed by atoms with Gasteiger partial charge in [0, 0.05) is 6.61 Å². The van der Waals surface area contributed by atoms with E-state index in [-0.39, 0.29) is 12.0 Å². The summed E-state index contributed by atoms with van der Waals surface area (Å²) in [5, 5.41) is 0. The Bertz CT molecular complexity index is 666. The van der Waals surface area contributed by atoms with Gasteiger partial charge >= 0.3 is 0 Å². The Morgan fingerprint density at radius 1 is 1.52 bits per heavy atom. The first-order valence-electron chi connectivity index (χ1n) is 7.60. The minimum absolute atomic E-state index is 0.0241. The molecule has 0 saturated carbocycles. The highest BCUT2D eigenvalue weighted by atomic mass is 32.2. The molecule has 1 aromatic rings. The van der Waals surface area contributed by atoms with Gasteiger partial charge in [0.05, 0.1) is 24.7 Å². The monoisotopic (exact) mass is 349 g/mol. The van der Waals surface area contributed by atoms with Crippen LogP contribution < -0.4 is 4.74 Å². The van der Waals surface area contributed by atoms with Crippen LogP contribution in [0.25, 0.3) is 6.08 Å². The largest absolute Gasteiger partial charge is 0.496 e. The third-order valence-corrected chi connectivity index (χ3v) is 5.38. The maximum atomic E-state index is 12.6. The number of methoxy groups -OCH3 is 1. The van der Waals surface area contributed by atoms with E-state index < -0.39 is 0 Å². The molecule has 2 aliphatic rings. The van der Waals surface area contributed by atoms with E-state index in [1.54, 1.807) is 12.0 Å². The Balaban J connectivity index is 1.76. The van der Waals surface area contributed by atoms with Crippen molar-refractivity contribution in [3.8, 4) is 5.75 Å². The van der Waals surface area contributed by atoms with Crippen LogP contribution in [0.5, 0.6) is 5.75 Å². The SMILES string of the molecule is COc1ccc(/C=C2\SC(=S)N(C[C@@H]3CCCO3)C2=O)cc1C. The molecule has 2 heterocycles. The van der Waals surface area contributed by atoms with Crippen molar-refractivity contribution in [2.45, 2.75) is 25.9 Å². The number of carbonyl (C=O) groups is 1. The molecule has 23 heavy (non-hydrogen) atoms. The zero-order valence-electron chi connectivity index (χ0n) is 13.2. The highest BCUT2D eigenvalue weighted by Crippen LogP contribution is 2.34. The number of ether oxygens (including phenoxy) is 2. The topological polar surface area (TPSA) is 38.8 Å². The number of amides is 1. The Morgan fingerprint density at radius 2 is 2.35 bits per heavy atom. The second kappa shape index (κ2) is 7.03. The molecule has 122 valence electrons. The van der Waals surface area contributed by atoms with Crippen molar-refractivity contribution in [3.05, 3.63) is 34.2 Å². The summed E-state index contributed by atoms with van der Waals surface area (Å²) >= 11 is 6.72. The maximum Gasteiger partial charge on any atom is 0.266 e. The smallest absolute Gasteiger partial charge is 0.266 e. The molecular weight excluding hydrogens is 330 g/mol. The highest BCUT2D eigenvalue weighted by Gasteiger charge is 2.34. The third kappa shape index (κ3) is 3.59. The van der Waals surface area contributed by atoms with E-state index in [0.29, 0.717) is 15.8 Å². The van der Waals surface area contributed by atoms with Crippen LogP contribution in [0, 0.1) is 6.92 Å². The molecule has 4 nitrogen and oxygen atoms in total. The Morgan fingerprint density at radius 3 is 3.00 bits per heavy atom. The summed E-state index contributed by atoms with van der Waals surface area (Å²) < 4.78 is 11.5. The third-order valence-electron chi connectivity index (χ3n) is 4.00. The summed E-state index contributed by atoms with van der Waals surface area (Å²) in [7, 11) is 1.65. The van der Waals surface area contributed by atoms with Crippen molar-refractivity contribution in [1.29, 1.82) is 0 Å². The molecule has 0 bridgehead atoms. The van der Waals surface area contributed by atoms with E-state index >= 15 is 0 Å². The van der Waals surface area contributed by atoms with Crippen molar-refractivity contribution < 1.29 is 14.3 Å². The number of aryl methyl sites for hydroxylation is 1. The van der Waals surface area contributed by atoms with Crippen molar-refractivity contribution in [2.24, 2.45) is 0 Å². The van der Waals surface area contributed by atoms with Crippen LogP contribution >= 0.6 is 24.0 Å². The predicted octanol–water partition coefficient (Wildman–Crippen LogP) is 3.38. The number of carbonyl (C=O) groups excluding carboxylic acids is 1. The highest BCUT2D eigenvalue weighted by molar-refractivity contribution is 8.26. The number of benzene rings is 1. The van der Waals surface area contributed by atoms with E-state index in [0.717, 1.165) is 36.3 Å². The van der Waals surface area contributed by atoms with Crippen LogP contribution in [0.1, 0.15) is 24.0 Å². The van der Waals surface area contributed by atoms with Gasteiger partial charge in [-0.3, -0.25) is 9.69 Å². The van der Waals surface area contributed by atoms with Gasteiger partial charge in [0.15, 0.2) is 0 Å². The summed E-state index contributed by atoms with van der Waals surface area (Å²) in [4.78, 5) is 14.9. The fraction of sp³-hybridized carbons (Fsp3) is 0.412. The minimum atomic E-state index is -0.0241.